The fourth-order valence-corrected chi connectivity index (χ4v) is 0.907. The Morgan fingerprint density at radius 3 is 2.77 bits per heavy atom. The van der Waals surface area contributed by atoms with Crippen molar-refractivity contribution >= 4 is 11.5 Å². The molecule has 1 aromatic rings. The number of carbonyl (C=O) groups is 1. The minimum atomic E-state index is -1.24. The third kappa shape index (κ3) is 1.76. The number of allylic oxidation sites excluding steroid dienone is 1. The molecule has 4 nitrogen and oxygen atoms in total. The summed E-state index contributed by atoms with van der Waals surface area (Å²) in [6.07, 6.45) is 1.43. The Labute approximate surface area is 74.7 Å². The second-order valence-electron chi connectivity index (χ2n) is 2.39. The highest BCUT2D eigenvalue weighted by Crippen LogP contribution is 2.18. The lowest BCUT2D eigenvalue weighted by Crippen LogP contribution is -2.00. The summed E-state index contributed by atoms with van der Waals surface area (Å²) >= 11 is 0. The normalized spacial score (nSPS) is 11.7. The molecular formula is C9H7NO3. The van der Waals surface area contributed by atoms with Crippen LogP contribution in [0.2, 0.25) is 0 Å². The lowest BCUT2D eigenvalue weighted by molar-refractivity contribution is -0.132. The van der Waals surface area contributed by atoms with Crippen LogP contribution < -0.4 is 0 Å². The van der Waals surface area contributed by atoms with Gasteiger partial charge >= 0.3 is 5.97 Å². The number of hydrogen-bond acceptors (Lipinski definition) is 3. The third-order valence-corrected chi connectivity index (χ3v) is 1.59. The lowest BCUT2D eigenvalue weighted by atomic mass is 10.1. The molecule has 0 unspecified atom stereocenters. The Hall–Kier alpha value is -2.02. The summed E-state index contributed by atoms with van der Waals surface area (Å²) in [5.74, 6) is -0.838. The van der Waals surface area contributed by atoms with Crippen LogP contribution >= 0.6 is 0 Å². The van der Waals surface area contributed by atoms with E-state index < -0.39 is 5.97 Å². The lowest BCUT2D eigenvalue weighted by Gasteiger charge is -1.96. The first-order valence-corrected chi connectivity index (χ1v) is 3.55. The van der Waals surface area contributed by atoms with E-state index in [1.165, 1.54) is 13.2 Å². The number of hydrogen-bond donors (Lipinski definition) is 1. The monoisotopic (exact) mass is 177 g/mol. The van der Waals surface area contributed by atoms with Crippen LogP contribution in [0.1, 0.15) is 12.7 Å². The molecule has 66 valence electrons. The van der Waals surface area contributed by atoms with Gasteiger partial charge in [-0.1, -0.05) is 0 Å². The highest BCUT2D eigenvalue weighted by Gasteiger charge is 2.13. The van der Waals surface area contributed by atoms with E-state index in [9.17, 15) is 4.79 Å². The number of rotatable bonds is 2. The largest absolute Gasteiger partial charge is 0.477 e. The maximum Gasteiger partial charge on any atom is 0.346 e. The quantitative estimate of drug-likeness (QED) is 0.550. The molecule has 13 heavy (non-hydrogen) atoms. The van der Waals surface area contributed by atoms with Crippen LogP contribution in [0.5, 0.6) is 0 Å². The van der Waals surface area contributed by atoms with Crippen molar-refractivity contribution in [3.8, 4) is 6.07 Å². The van der Waals surface area contributed by atoms with Crippen LogP contribution in [0.4, 0.5) is 0 Å². The summed E-state index contributed by atoms with van der Waals surface area (Å²) in [5.41, 5.74) is 0.0370. The summed E-state index contributed by atoms with van der Waals surface area (Å²) in [4.78, 5) is 10.5. The molecule has 0 radical (unpaired) electrons. The highest BCUT2D eigenvalue weighted by molar-refractivity contribution is 5.99. The Kier molecular flexibility index (Phi) is 2.50. The molecule has 0 aliphatic carbocycles. The zero-order valence-corrected chi connectivity index (χ0v) is 6.94. The molecule has 0 bridgehead atoms. The van der Waals surface area contributed by atoms with Crippen molar-refractivity contribution in [3.63, 3.8) is 0 Å². The molecule has 0 spiro atoms. The smallest absolute Gasteiger partial charge is 0.346 e. The Bertz CT molecular complexity index is 381. The van der Waals surface area contributed by atoms with Crippen LogP contribution in [0, 0.1) is 11.3 Å². The van der Waals surface area contributed by atoms with E-state index in [-0.39, 0.29) is 5.57 Å². The molecule has 0 saturated heterocycles. The molecule has 1 heterocycles. The minimum absolute atomic E-state index is 0.296. The molecule has 0 aromatic carbocycles. The summed E-state index contributed by atoms with van der Waals surface area (Å²) in [7, 11) is 0. The number of furan rings is 1. The predicted molar refractivity (Wildman–Crippen MR) is 44.6 cm³/mol. The summed E-state index contributed by atoms with van der Waals surface area (Å²) in [6.45, 7) is 1.53. The van der Waals surface area contributed by atoms with Gasteiger partial charge in [0.25, 0.3) is 0 Å². The fraction of sp³-hybridized carbons (Fsp3) is 0.111. The number of aliphatic carboxylic acids is 1. The maximum atomic E-state index is 10.5. The molecule has 1 N–H and O–H groups in total. The second kappa shape index (κ2) is 3.59. The van der Waals surface area contributed by atoms with Crippen molar-refractivity contribution in [2.45, 2.75) is 6.92 Å². The minimum Gasteiger partial charge on any atom is -0.477 e. The molecule has 1 rings (SSSR count). The molecule has 0 amide bonds. The van der Waals surface area contributed by atoms with E-state index in [0.717, 1.165) is 0 Å². The van der Waals surface area contributed by atoms with Crippen molar-refractivity contribution in [3.05, 3.63) is 29.7 Å². The number of nitrogens with zero attached hydrogens (tertiary/aromatic N) is 1. The average molecular weight is 177 g/mol. The number of carboxylic acids is 1. The highest BCUT2D eigenvalue weighted by atomic mass is 16.4. The summed E-state index contributed by atoms with van der Waals surface area (Å²) in [5, 5.41) is 17.2. The number of carboxylic acid groups (broad SMARTS) is 1. The van der Waals surface area contributed by atoms with Crippen molar-refractivity contribution in [1.29, 1.82) is 5.26 Å². The van der Waals surface area contributed by atoms with Crippen molar-refractivity contribution < 1.29 is 14.3 Å². The Morgan fingerprint density at radius 2 is 2.38 bits per heavy atom. The molecule has 1 aromatic heterocycles. The first-order valence-electron chi connectivity index (χ1n) is 3.55. The van der Waals surface area contributed by atoms with Gasteiger partial charge in [-0.25, -0.2) is 4.79 Å². The van der Waals surface area contributed by atoms with E-state index in [4.69, 9.17) is 14.8 Å². The number of nitriles is 1. The Balaban J connectivity index is 3.19. The maximum absolute atomic E-state index is 10.5. The molecule has 0 saturated carbocycles. The fourth-order valence-electron chi connectivity index (χ4n) is 0.907. The standard InChI is InChI=1S/C9H7NO3/c1-6(7(5-10)9(11)12)8-3-2-4-13-8/h2-4H,1H3,(H,11,12)/b7-6+. The predicted octanol–water partition coefficient (Wildman–Crippen LogP) is 1.66. The zero-order chi connectivity index (χ0) is 9.84. The van der Waals surface area contributed by atoms with Gasteiger partial charge in [-0.2, -0.15) is 5.26 Å². The van der Waals surface area contributed by atoms with Gasteiger partial charge in [0, 0.05) is 5.57 Å². The van der Waals surface area contributed by atoms with Gasteiger partial charge < -0.3 is 9.52 Å². The van der Waals surface area contributed by atoms with Crippen LogP contribution in [0.15, 0.2) is 28.4 Å². The van der Waals surface area contributed by atoms with E-state index in [0.29, 0.717) is 11.3 Å². The molecule has 4 heteroatoms. The molecular weight excluding hydrogens is 170 g/mol. The van der Waals surface area contributed by atoms with Crippen LogP contribution in [-0.4, -0.2) is 11.1 Å². The van der Waals surface area contributed by atoms with E-state index >= 15 is 0 Å². The van der Waals surface area contributed by atoms with E-state index in [2.05, 4.69) is 0 Å². The van der Waals surface area contributed by atoms with Crippen LogP contribution in [-0.2, 0) is 4.79 Å². The Morgan fingerprint density at radius 1 is 1.69 bits per heavy atom. The van der Waals surface area contributed by atoms with Gasteiger partial charge in [0.2, 0.25) is 0 Å². The first kappa shape index (κ1) is 9.07. The topological polar surface area (TPSA) is 74.2 Å². The molecule has 0 aliphatic heterocycles. The second-order valence-corrected chi connectivity index (χ2v) is 2.39. The zero-order valence-electron chi connectivity index (χ0n) is 6.94. The van der Waals surface area contributed by atoms with Gasteiger partial charge in [0.1, 0.15) is 17.4 Å². The molecule has 0 atom stereocenters. The van der Waals surface area contributed by atoms with Crippen molar-refractivity contribution in [1.82, 2.24) is 0 Å². The first-order chi connectivity index (χ1) is 6.16. The van der Waals surface area contributed by atoms with Gasteiger partial charge in [-0.05, 0) is 19.1 Å². The molecule has 0 aliphatic rings. The third-order valence-electron chi connectivity index (χ3n) is 1.59. The van der Waals surface area contributed by atoms with E-state index in [1.54, 1.807) is 18.2 Å². The van der Waals surface area contributed by atoms with Gasteiger partial charge in [-0.15, -0.1) is 0 Å². The average Bonchev–Trinajstić information content (AvgIpc) is 2.56. The van der Waals surface area contributed by atoms with Gasteiger partial charge in [0.15, 0.2) is 0 Å². The summed E-state index contributed by atoms with van der Waals surface area (Å²) in [6, 6.07) is 4.85. The van der Waals surface area contributed by atoms with Gasteiger partial charge in [0.05, 0.1) is 6.26 Å². The molecule has 0 fully saturated rings. The SMILES string of the molecule is C/C(=C(/C#N)C(=O)O)c1ccco1. The van der Waals surface area contributed by atoms with E-state index in [1.807, 2.05) is 0 Å². The van der Waals surface area contributed by atoms with Gasteiger partial charge in [-0.3, -0.25) is 0 Å². The summed E-state index contributed by atoms with van der Waals surface area (Å²) < 4.78 is 4.96. The van der Waals surface area contributed by atoms with Crippen LogP contribution in [0.25, 0.3) is 5.57 Å². The van der Waals surface area contributed by atoms with Crippen LogP contribution in [0.3, 0.4) is 0 Å². The van der Waals surface area contributed by atoms with Crippen molar-refractivity contribution in [2.75, 3.05) is 0 Å². The van der Waals surface area contributed by atoms with Crippen molar-refractivity contribution in [2.24, 2.45) is 0 Å².